The quantitative estimate of drug-likeness (QED) is 0.592. The monoisotopic (exact) mass is 222 g/mol. The Morgan fingerprint density at radius 3 is 3.06 bits per heavy atom. The third-order valence-corrected chi connectivity index (χ3v) is 2.00. The van der Waals surface area contributed by atoms with Crippen LogP contribution in [0.25, 0.3) is 11.1 Å². The summed E-state index contributed by atoms with van der Waals surface area (Å²) in [5.74, 6) is 0. The first kappa shape index (κ1) is 10.4. The van der Waals surface area contributed by atoms with Crippen molar-refractivity contribution in [2.45, 2.75) is 0 Å². The van der Waals surface area contributed by atoms with Gasteiger partial charge in [0.15, 0.2) is 5.58 Å². The van der Waals surface area contributed by atoms with Crippen molar-refractivity contribution >= 4 is 22.8 Å². The fourth-order valence-corrected chi connectivity index (χ4v) is 1.28. The molecule has 0 aliphatic rings. The third kappa shape index (κ3) is 1.94. The zero-order chi connectivity index (χ0) is 11.5. The Labute approximate surface area is 90.4 Å². The predicted molar refractivity (Wildman–Crippen MR) is 58.2 cm³/mol. The van der Waals surface area contributed by atoms with Crippen LogP contribution >= 0.6 is 0 Å². The highest BCUT2D eigenvalue weighted by Crippen LogP contribution is 2.23. The number of nitro groups is 1. The topological polar surface area (TPSA) is 107 Å². The van der Waals surface area contributed by atoms with Crippen molar-refractivity contribution in [1.29, 1.82) is 0 Å². The van der Waals surface area contributed by atoms with Crippen molar-refractivity contribution in [2.75, 3.05) is 18.4 Å². The molecule has 2 rings (SSSR count). The molecule has 0 spiro atoms. The van der Waals surface area contributed by atoms with Crippen LogP contribution in [0.3, 0.4) is 0 Å². The summed E-state index contributed by atoms with van der Waals surface area (Å²) in [6.45, 7) is 0.994. The second-order valence-corrected chi connectivity index (χ2v) is 3.14. The Kier molecular flexibility index (Phi) is 2.69. The number of oxazole rings is 1. The summed E-state index contributed by atoms with van der Waals surface area (Å²) < 4.78 is 5.28. The summed E-state index contributed by atoms with van der Waals surface area (Å²) in [5.41, 5.74) is 6.25. The number of benzene rings is 1. The van der Waals surface area contributed by atoms with Gasteiger partial charge < -0.3 is 15.5 Å². The number of non-ortho nitro benzene ring substituents is 1. The van der Waals surface area contributed by atoms with E-state index in [2.05, 4.69) is 10.3 Å². The Bertz CT molecular complexity index is 522. The van der Waals surface area contributed by atoms with Crippen LogP contribution in [0.1, 0.15) is 0 Å². The number of hydrogen-bond acceptors (Lipinski definition) is 6. The molecular weight excluding hydrogens is 212 g/mol. The lowest BCUT2D eigenvalue weighted by atomic mass is 10.3. The number of nitro benzene ring substituents is 1. The molecule has 16 heavy (non-hydrogen) atoms. The molecule has 0 saturated carbocycles. The average Bonchev–Trinajstić information content (AvgIpc) is 2.67. The summed E-state index contributed by atoms with van der Waals surface area (Å²) in [6.07, 6.45) is 0. The molecule has 3 N–H and O–H groups in total. The third-order valence-electron chi connectivity index (χ3n) is 2.00. The van der Waals surface area contributed by atoms with Gasteiger partial charge in [0.2, 0.25) is 0 Å². The normalized spacial score (nSPS) is 10.6. The first-order valence-electron chi connectivity index (χ1n) is 4.69. The molecule has 1 heterocycles. The molecule has 0 unspecified atom stereocenters. The van der Waals surface area contributed by atoms with Crippen LogP contribution in [-0.4, -0.2) is 23.0 Å². The lowest BCUT2D eigenvalue weighted by molar-refractivity contribution is -0.384. The highest BCUT2D eigenvalue weighted by Gasteiger charge is 2.10. The summed E-state index contributed by atoms with van der Waals surface area (Å²) in [7, 11) is 0. The lowest BCUT2D eigenvalue weighted by Crippen LogP contribution is -2.13. The van der Waals surface area contributed by atoms with E-state index in [0.29, 0.717) is 30.2 Å². The van der Waals surface area contributed by atoms with Crippen LogP contribution in [0.2, 0.25) is 0 Å². The van der Waals surface area contributed by atoms with E-state index in [-0.39, 0.29) is 5.69 Å². The molecular formula is C9H10N4O3. The van der Waals surface area contributed by atoms with Crippen molar-refractivity contribution < 1.29 is 9.34 Å². The Hall–Kier alpha value is -2.15. The van der Waals surface area contributed by atoms with Crippen LogP contribution in [-0.2, 0) is 0 Å². The van der Waals surface area contributed by atoms with Crippen LogP contribution in [0.4, 0.5) is 11.7 Å². The first-order valence-corrected chi connectivity index (χ1v) is 4.69. The van der Waals surface area contributed by atoms with Gasteiger partial charge in [-0.1, -0.05) is 0 Å². The highest BCUT2D eigenvalue weighted by atomic mass is 16.6. The minimum atomic E-state index is -0.477. The second kappa shape index (κ2) is 4.15. The van der Waals surface area contributed by atoms with Crippen LogP contribution in [0.15, 0.2) is 22.6 Å². The molecule has 0 aliphatic heterocycles. The van der Waals surface area contributed by atoms with Gasteiger partial charge in [0.25, 0.3) is 11.7 Å². The van der Waals surface area contributed by atoms with Crippen molar-refractivity contribution in [3.63, 3.8) is 0 Å². The van der Waals surface area contributed by atoms with Crippen molar-refractivity contribution in [1.82, 2.24) is 4.98 Å². The van der Waals surface area contributed by atoms with E-state index >= 15 is 0 Å². The summed E-state index contributed by atoms with van der Waals surface area (Å²) in [6, 6.07) is 4.60. The fraction of sp³-hybridized carbons (Fsp3) is 0.222. The van der Waals surface area contributed by atoms with E-state index in [1.807, 2.05) is 0 Å². The van der Waals surface area contributed by atoms with Gasteiger partial charge in [-0.2, -0.15) is 4.98 Å². The van der Waals surface area contributed by atoms with Crippen LogP contribution < -0.4 is 11.1 Å². The number of hydrogen-bond donors (Lipinski definition) is 2. The molecule has 7 nitrogen and oxygen atoms in total. The SMILES string of the molecule is NCCNc1nc2ccc([N+](=O)[O-])cc2o1. The van der Waals surface area contributed by atoms with E-state index in [1.54, 1.807) is 6.07 Å². The Morgan fingerprint density at radius 1 is 1.56 bits per heavy atom. The molecule has 2 aromatic rings. The molecule has 0 amide bonds. The Morgan fingerprint density at radius 2 is 2.38 bits per heavy atom. The molecule has 7 heteroatoms. The molecule has 0 atom stereocenters. The summed E-state index contributed by atoms with van der Waals surface area (Å²) >= 11 is 0. The number of anilines is 1. The number of nitrogens with two attached hydrogens (primary N) is 1. The highest BCUT2D eigenvalue weighted by molar-refractivity contribution is 5.77. The van der Waals surface area contributed by atoms with Gasteiger partial charge in [-0.3, -0.25) is 10.1 Å². The standard InChI is InChI=1S/C9H10N4O3/c10-3-4-11-9-12-7-2-1-6(13(14)15)5-8(7)16-9/h1-2,5H,3-4,10H2,(H,11,12). The van der Waals surface area contributed by atoms with Gasteiger partial charge in [-0.15, -0.1) is 0 Å². The number of rotatable bonds is 4. The van der Waals surface area contributed by atoms with Gasteiger partial charge in [-0.25, -0.2) is 0 Å². The summed E-state index contributed by atoms with van der Waals surface area (Å²) in [5, 5.41) is 13.4. The van der Waals surface area contributed by atoms with Crippen molar-refractivity contribution in [2.24, 2.45) is 5.73 Å². The predicted octanol–water partition coefficient (Wildman–Crippen LogP) is 1.11. The maximum absolute atomic E-state index is 10.5. The Balaban J connectivity index is 2.34. The van der Waals surface area contributed by atoms with E-state index in [9.17, 15) is 10.1 Å². The van der Waals surface area contributed by atoms with Gasteiger partial charge >= 0.3 is 0 Å². The molecule has 0 saturated heterocycles. The number of aromatic nitrogens is 1. The van der Waals surface area contributed by atoms with Crippen molar-refractivity contribution in [3.05, 3.63) is 28.3 Å². The molecule has 0 fully saturated rings. The zero-order valence-corrected chi connectivity index (χ0v) is 8.34. The number of nitrogens with zero attached hydrogens (tertiary/aromatic N) is 2. The number of fused-ring (bicyclic) bond motifs is 1. The minimum Gasteiger partial charge on any atom is -0.423 e. The van der Waals surface area contributed by atoms with Gasteiger partial charge in [0, 0.05) is 19.2 Å². The van der Waals surface area contributed by atoms with Crippen LogP contribution in [0, 0.1) is 10.1 Å². The van der Waals surface area contributed by atoms with E-state index in [4.69, 9.17) is 10.2 Å². The first-order chi connectivity index (χ1) is 7.70. The van der Waals surface area contributed by atoms with E-state index in [0.717, 1.165) is 0 Å². The minimum absolute atomic E-state index is 0.0194. The lowest BCUT2D eigenvalue weighted by Gasteiger charge is -1.95. The molecule has 84 valence electrons. The molecule has 0 aliphatic carbocycles. The smallest absolute Gasteiger partial charge is 0.295 e. The maximum atomic E-state index is 10.5. The maximum Gasteiger partial charge on any atom is 0.295 e. The molecule has 1 aromatic carbocycles. The molecule has 0 bridgehead atoms. The second-order valence-electron chi connectivity index (χ2n) is 3.14. The molecule has 1 aromatic heterocycles. The van der Waals surface area contributed by atoms with Gasteiger partial charge in [-0.05, 0) is 6.07 Å². The van der Waals surface area contributed by atoms with E-state index < -0.39 is 4.92 Å². The zero-order valence-electron chi connectivity index (χ0n) is 8.34. The largest absolute Gasteiger partial charge is 0.423 e. The van der Waals surface area contributed by atoms with E-state index in [1.165, 1.54) is 12.1 Å². The number of nitrogens with one attached hydrogen (secondary N) is 1. The fourth-order valence-electron chi connectivity index (χ4n) is 1.28. The summed E-state index contributed by atoms with van der Waals surface area (Å²) in [4.78, 5) is 14.2. The van der Waals surface area contributed by atoms with Gasteiger partial charge in [0.05, 0.1) is 11.0 Å². The van der Waals surface area contributed by atoms with Crippen LogP contribution in [0.5, 0.6) is 0 Å². The van der Waals surface area contributed by atoms with Crippen molar-refractivity contribution in [3.8, 4) is 0 Å². The van der Waals surface area contributed by atoms with Gasteiger partial charge in [0.1, 0.15) is 5.52 Å². The molecule has 0 radical (unpaired) electrons. The average molecular weight is 222 g/mol.